The van der Waals surface area contributed by atoms with E-state index in [1.807, 2.05) is 12.1 Å². The summed E-state index contributed by atoms with van der Waals surface area (Å²) in [5.41, 5.74) is 3.20. The molecule has 0 saturated carbocycles. The largest absolute Gasteiger partial charge is 0.348 e. The van der Waals surface area contributed by atoms with E-state index in [2.05, 4.69) is 22.3 Å². The van der Waals surface area contributed by atoms with E-state index in [-0.39, 0.29) is 5.91 Å². The van der Waals surface area contributed by atoms with Gasteiger partial charge in [-0.2, -0.15) is 0 Å². The zero-order valence-corrected chi connectivity index (χ0v) is 17.2. The van der Waals surface area contributed by atoms with E-state index in [1.165, 1.54) is 25.5 Å². The van der Waals surface area contributed by atoms with Gasteiger partial charge in [-0.1, -0.05) is 30.3 Å². The molecule has 28 heavy (non-hydrogen) atoms. The van der Waals surface area contributed by atoms with Gasteiger partial charge in [-0.05, 0) is 55.3 Å². The summed E-state index contributed by atoms with van der Waals surface area (Å²) in [4.78, 5) is 15.0. The Morgan fingerprint density at radius 2 is 1.75 bits per heavy atom. The molecule has 0 atom stereocenters. The van der Waals surface area contributed by atoms with Crippen LogP contribution in [0.15, 0.2) is 48.5 Å². The number of benzene rings is 2. The van der Waals surface area contributed by atoms with Crippen molar-refractivity contribution in [2.75, 3.05) is 30.7 Å². The predicted octanol–water partition coefficient (Wildman–Crippen LogP) is 2.61. The molecule has 0 aromatic heterocycles. The molecule has 2 aromatic rings. The van der Waals surface area contributed by atoms with Crippen LogP contribution in [0, 0.1) is 0 Å². The molecule has 6 nitrogen and oxygen atoms in total. The summed E-state index contributed by atoms with van der Waals surface area (Å²) in [7, 11) is -1.90. The first-order valence-electron chi connectivity index (χ1n) is 9.45. The number of rotatable bonds is 7. The van der Waals surface area contributed by atoms with Crippen LogP contribution < -0.4 is 9.62 Å². The third kappa shape index (κ3) is 5.33. The van der Waals surface area contributed by atoms with Crippen LogP contribution in [0.4, 0.5) is 5.69 Å². The Kier molecular flexibility index (Phi) is 6.36. The minimum Gasteiger partial charge on any atom is -0.348 e. The molecule has 3 rings (SSSR count). The average molecular weight is 402 g/mol. The third-order valence-corrected chi connectivity index (χ3v) is 6.22. The van der Waals surface area contributed by atoms with Crippen LogP contribution in [0.25, 0.3) is 0 Å². The van der Waals surface area contributed by atoms with Crippen molar-refractivity contribution in [1.82, 2.24) is 10.2 Å². The number of carbonyl (C=O) groups is 1. The van der Waals surface area contributed by atoms with Gasteiger partial charge in [-0.25, -0.2) is 8.42 Å². The summed E-state index contributed by atoms with van der Waals surface area (Å²) in [6, 6.07) is 14.9. The van der Waals surface area contributed by atoms with Gasteiger partial charge in [0.2, 0.25) is 10.0 Å². The number of hydrogen-bond acceptors (Lipinski definition) is 4. The summed E-state index contributed by atoms with van der Waals surface area (Å²) in [6.07, 6.45) is 3.67. The second-order valence-corrected chi connectivity index (χ2v) is 9.28. The Hall–Kier alpha value is -2.38. The number of amides is 1. The lowest BCUT2D eigenvalue weighted by molar-refractivity contribution is 0.0951. The zero-order valence-electron chi connectivity index (χ0n) is 16.4. The molecule has 1 aliphatic heterocycles. The Morgan fingerprint density at radius 3 is 2.46 bits per heavy atom. The van der Waals surface area contributed by atoms with Crippen molar-refractivity contribution in [2.24, 2.45) is 0 Å². The number of nitrogens with one attached hydrogen (secondary N) is 1. The van der Waals surface area contributed by atoms with Crippen LogP contribution in [0.2, 0.25) is 0 Å². The minimum atomic E-state index is -3.37. The molecule has 2 aromatic carbocycles. The van der Waals surface area contributed by atoms with Crippen molar-refractivity contribution in [3.05, 3.63) is 65.2 Å². The standard InChI is InChI=1S/C21H27N3O3S/c1-23(28(2,26)27)20-10-6-9-19(14-20)21(25)22-15-17-7-5-8-18(13-17)16-24-11-3-4-12-24/h5-10,13-14H,3-4,11-12,15-16H2,1-2H3,(H,22,25). The van der Waals surface area contributed by atoms with E-state index in [0.29, 0.717) is 17.8 Å². The molecule has 150 valence electrons. The molecular weight excluding hydrogens is 374 g/mol. The molecule has 1 heterocycles. The first-order valence-corrected chi connectivity index (χ1v) is 11.3. The molecule has 1 amide bonds. The maximum absolute atomic E-state index is 12.5. The first-order chi connectivity index (χ1) is 13.3. The summed E-state index contributed by atoms with van der Waals surface area (Å²) in [5, 5.41) is 2.92. The van der Waals surface area contributed by atoms with Gasteiger partial charge in [-0.3, -0.25) is 14.0 Å². The molecule has 0 bridgehead atoms. The summed E-state index contributed by atoms with van der Waals surface area (Å²) < 4.78 is 24.6. The van der Waals surface area contributed by atoms with Crippen molar-refractivity contribution in [2.45, 2.75) is 25.9 Å². The predicted molar refractivity (Wildman–Crippen MR) is 112 cm³/mol. The minimum absolute atomic E-state index is 0.228. The molecule has 0 spiro atoms. The first kappa shape index (κ1) is 20.4. The van der Waals surface area contributed by atoms with Crippen molar-refractivity contribution in [3.8, 4) is 0 Å². The monoisotopic (exact) mass is 401 g/mol. The molecule has 0 unspecified atom stereocenters. The third-order valence-electron chi connectivity index (χ3n) is 5.02. The smallest absolute Gasteiger partial charge is 0.251 e. The van der Waals surface area contributed by atoms with Gasteiger partial charge in [0.25, 0.3) is 5.91 Å². The van der Waals surface area contributed by atoms with Gasteiger partial charge in [0, 0.05) is 25.7 Å². The zero-order chi connectivity index (χ0) is 20.1. The van der Waals surface area contributed by atoms with Crippen LogP contribution in [0.3, 0.4) is 0 Å². The maximum Gasteiger partial charge on any atom is 0.251 e. The number of carbonyl (C=O) groups excluding carboxylic acids is 1. The van der Waals surface area contributed by atoms with Gasteiger partial charge in [0.05, 0.1) is 11.9 Å². The van der Waals surface area contributed by atoms with Crippen molar-refractivity contribution < 1.29 is 13.2 Å². The Balaban J connectivity index is 1.62. The molecule has 1 N–H and O–H groups in total. The average Bonchev–Trinajstić information content (AvgIpc) is 3.18. The number of anilines is 1. The fourth-order valence-electron chi connectivity index (χ4n) is 3.36. The van der Waals surface area contributed by atoms with Gasteiger partial charge < -0.3 is 5.32 Å². The van der Waals surface area contributed by atoms with E-state index < -0.39 is 10.0 Å². The highest BCUT2D eigenvalue weighted by molar-refractivity contribution is 7.92. The van der Waals surface area contributed by atoms with E-state index in [9.17, 15) is 13.2 Å². The number of nitrogens with zero attached hydrogens (tertiary/aromatic N) is 2. The van der Waals surface area contributed by atoms with E-state index in [4.69, 9.17) is 0 Å². The van der Waals surface area contributed by atoms with Crippen molar-refractivity contribution in [1.29, 1.82) is 0 Å². The van der Waals surface area contributed by atoms with Gasteiger partial charge in [0.15, 0.2) is 0 Å². The SMILES string of the molecule is CN(c1cccc(C(=O)NCc2cccc(CN3CCCC3)c2)c1)S(C)(=O)=O. The molecule has 1 saturated heterocycles. The highest BCUT2D eigenvalue weighted by atomic mass is 32.2. The van der Waals surface area contributed by atoms with Crippen LogP contribution >= 0.6 is 0 Å². The molecule has 0 radical (unpaired) electrons. The van der Waals surface area contributed by atoms with Crippen LogP contribution in [-0.2, 0) is 23.1 Å². The quantitative estimate of drug-likeness (QED) is 0.774. The summed E-state index contributed by atoms with van der Waals surface area (Å²) >= 11 is 0. The molecule has 1 aliphatic rings. The molecule has 0 aliphatic carbocycles. The lowest BCUT2D eigenvalue weighted by atomic mass is 10.1. The highest BCUT2D eigenvalue weighted by Crippen LogP contribution is 2.18. The number of sulfonamides is 1. The number of likely N-dealkylation sites (tertiary alicyclic amines) is 1. The second kappa shape index (κ2) is 8.75. The Morgan fingerprint density at radius 1 is 1.07 bits per heavy atom. The van der Waals surface area contributed by atoms with Gasteiger partial charge in [0.1, 0.15) is 0 Å². The normalized spacial score (nSPS) is 14.8. The van der Waals surface area contributed by atoms with Crippen LogP contribution in [0.1, 0.15) is 34.3 Å². The second-order valence-electron chi connectivity index (χ2n) is 7.27. The molecule has 1 fully saturated rings. The van der Waals surface area contributed by atoms with Crippen molar-refractivity contribution in [3.63, 3.8) is 0 Å². The van der Waals surface area contributed by atoms with E-state index in [1.54, 1.807) is 24.3 Å². The van der Waals surface area contributed by atoms with Gasteiger partial charge in [-0.15, -0.1) is 0 Å². The molecule has 7 heteroatoms. The van der Waals surface area contributed by atoms with Gasteiger partial charge >= 0.3 is 0 Å². The maximum atomic E-state index is 12.5. The fraction of sp³-hybridized carbons (Fsp3) is 0.381. The Bertz CT molecular complexity index is 937. The summed E-state index contributed by atoms with van der Waals surface area (Å²) in [5.74, 6) is -0.228. The van der Waals surface area contributed by atoms with Crippen molar-refractivity contribution >= 4 is 21.6 Å². The van der Waals surface area contributed by atoms with E-state index >= 15 is 0 Å². The van der Waals surface area contributed by atoms with E-state index in [0.717, 1.165) is 35.8 Å². The van der Waals surface area contributed by atoms with Crippen LogP contribution in [0.5, 0.6) is 0 Å². The lowest BCUT2D eigenvalue weighted by Crippen LogP contribution is -2.26. The highest BCUT2D eigenvalue weighted by Gasteiger charge is 2.15. The van der Waals surface area contributed by atoms with Crippen LogP contribution in [-0.4, -0.2) is 45.6 Å². The lowest BCUT2D eigenvalue weighted by Gasteiger charge is -2.17. The summed E-state index contributed by atoms with van der Waals surface area (Å²) in [6.45, 7) is 3.68. The topological polar surface area (TPSA) is 69.7 Å². The number of hydrogen-bond donors (Lipinski definition) is 1. The fourth-order valence-corrected chi connectivity index (χ4v) is 3.85. The molecular formula is C21H27N3O3S. The Labute approximate surface area is 167 Å².